The highest BCUT2D eigenvalue weighted by Crippen LogP contribution is 2.50. The summed E-state index contributed by atoms with van der Waals surface area (Å²) in [6.07, 6.45) is -2.23. The van der Waals surface area contributed by atoms with Gasteiger partial charge >= 0.3 is 0 Å². The Balaban J connectivity index is 2.00. The summed E-state index contributed by atoms with van der Waals surface area (Å²) in [5.74, 6) is -2.44. The van der Waals surface area contributed by atoms with Crippen LogP contribution in [0.5, 0.6) is 11.5 Å². The summed E-state index contributed by atoms with van der Waals surface area (Å²) in [4.78, 5) is 25.5. The van der Waals surface area contributed by atoms with Crippen molar-refractivity contribution in [3.63, 3.8) is 0 Å². The van der Waals surface area contributed by atoms with Crippen LogP contribution in [0.4, 0.5) is 0 Å². The minimum absolute atomic E-state index is 0.0732. The summed E-state index contributed by atoms with van der Waals surface area (Å²) >= 11 is 0. The molecule has 2 saturated heterocycles. The molecule has 0 aromatic heterocycles. The third-order valence-electron chi connectivity index (χ3n) is 7.19. The molecule has 0 unspecified atom stereocenters. The maximum atomic E-state index is 13.8. The fourth-order valence-electron chi connectivity index (χ4n) is 5.32. The summed E-state index contributed by atoms with van der Waals surface area (Å²) in [7, 11) is 0. The molecule has 2 aliphatic rings. The van der Waals surface area contributed by atoms with Crippen LogP contribution in [0.15, 0.2) is 6.07 Å². The summed E-state index contributed by atoms with van der Waals surface area (Å²) in [5, 5.41) is 42.9. The predicted octanol–water partition coefficient (Wildman–Crippen LogP) is 3.26. The van der Waals surface area contributed by atoms with Crippen molar-refractivity contribution in [3.05, 3.63) is 22.8 Å². The van der Waals surface area contributed by atoms with Gasteiger partial charge in [-0.1, -0.05) is 34.1 Å². The molecule has 1 spiro atoms. The van der Waals surface area contributed by atoms with Crippen molar-refractivity contribution in [3.8, 4) is 11.5 Å². The molecule has 9 nitrogen and oxygen atoms in total. The molecular formula is C26H38O9. The second-order valence-electron chi connectivity index (χ2n) is 9.77. The number of ether oxygens (including phenoxy) is 3. The minimum Gasteiger partial charge on any atom is -0.507 e. The Morgan fingerprint density at radius 1 is 1.23 bits per heavy atom. The minimum atomic E-state index is -1.40. The van der Waals surface area contributed by atoms with Crippen molar-refractivity contribution >= 4 is 12.1 Å². The van der Waals surface area contributed by atoms with Gasteiger partial charge in [-0.05, 0) is 31.7 Å². The molecule has 7 atom stereocenters. The maximum absolute atomic E-state index is 13.8. The molecule has 9 heteroatoms. The zero-order valence-electron chi connectivity index (χ0n) is 21.1. The van der Waals surface area contributed by atoms with Crippen LogP contribution < -0.4 is 0 Å². The Kier molecular flexibility index (Phi) is 8.60. The number of ketones is 1. The van der Waals surface area contributed by atoms with E-state index >= 15 is 0 Å². The van der Waals surface area contributed by atoms with Crippen molar-refractivity contribution in [1.29, 1.82) is 0 Å². The van der Waals surface area contributed by atoms with E-state index in [0.717, 1.165) is 0 Å². The van der Waals surface area contributed by atoms with Crippen molar-refractivity contribution in [1.82, 2.24) is 0 Å². The van der Waals surface area contributed by atoms with Gasteiger partial charge in [-0.3, -0.25) is 9.59 Å². The normalized spacial score (nSPS) is 29.8. The largest absolute Gasteiger partial charge is 0.507 e. The molecule has 0 bridgehead atoms. The van der Waals surface area contributed by atoms with Gasteiger partial charge in [0, 0.05) is 24.5 Å². The first-order chi connectivity index (χ1) is 16.6. The molecule has 1 aromatic carbocycles. The van der Waals surface area contributed by atoms with Crippen molar-refractivity contribution in [2.24, 2.45) is 11.8 Å². The fraction of sp³-hybridized carbons (Fsp3) is 0.692. The highest BCUT2D eigenvalue weighted by Gasteiger charge is 2.68. The number of aliphatic hydroxyl groups is 2. The first-order valence-corrected chi connectivity index (χ1v) is 12.5. The van der Waals surface area contributed by atoms with Crippen LogP contribution in [-0.2, 0) is 14.2 Å². The second kappa shape index (κ2) is 10.9. The molecule has 2 aliphatic heterocycles. The van der Waals surface area contributed by atoms with Gasteiger partial charge in [0.25, 0.3) is 0 Å². The molecule has 0 aliphatic carbocycles. The van der Waals surface area contributed by atoms with Crippen LogP contribution in [-0.4, -0.2) is 69.3 Å². The number of aldehydes is 1. The van der Waals surface area contributed by atoms with Crippen molar-refractivity contribution < 1.29 is 44.2 Å². The van der Waals surface area contributed by atoms with E-state index in [4.69, 9.17) is 14.2 Å². The van der Waals surface area contributed by atoms with Gasteiger partial charge in [-0.15, -0.1) is 0 Å². The Morgan fingerprint density at radius 3 is 2.40 bits per heavy atom. The van der Waals surface area contributed by atoms with Crippen LogP contribution in [0.2, 0.25) is 0 Å². The maximum Gasteiger partial charge on any atom is 0.189 e. The van der Waals surface area contributed by atoms with E-state index in [1.54, 1.807) is 6.92 Å². The van der Waals surface area contributed by atoms with Gasteiger partial charge in [-0.2, -0.15) is 0 Å². The molecule has 2 heterocycles. The number of aromatic hydroxyl groups is 2. The van der Waals surface area contributed by atoms with Crippen molar-refractivity contribution in [2.45, 2.75) is 96.6 Å². The molecule has 35 heavy (non-hydrogen) atoms. The lowest BCUT2D eigenvalue weighted by atomic mass is 9.80. The standard InChI is InChI=1S/C26H38O9/c1-6-9-14(18-11-19(28)26(25(32)34-18)20(7-2)35-26)21(29)15-10-16(24(13(4)5)33-8-3)23(31)17(12-27)22(15)30/h10,12-14,18-20,24-25,28,30-32H,6-9,11H2,1-5H3/t14-,18+,19+,20-,24+,25+,26-/m0/s1. The molecule has 4 N–H and O–H groups in total. The molecule has 2 fully saturated rings. The number of rotatable bonds is 11. The summed E-state index contributed by atoms with van der Waals surface area (Å²) in [6.45, 7) is 9.68. The highest BCUT2D eigenvalue weighted by atomic mass is 16.7. The molecule has 3 rings (SSSR count). The number of carbonyl (C=O) groups excluding carboxylic acids is 2. The quantitative estimate of drug-likeness (QED) is 0.207. The number of benzene rings is 1. The first-order valence-electron chi connectivity index (χ1n) is 12.5. The molecule has 1 aromatic rings. The number of epoxide rings is 1. The molecule has 0 saturated carbocycles. The lowest BCUT2D eigenvalue weighted by molar-refractivity contribution is -0.239. The Morgan fingerprint density at radius 2 is 1.91 bits per heavy atom. The van der Waals surface area contributed by atoms with E-state index < -0.39 is 53.4 Å². The topological polar surface area (TPSA) is 146 Å². The molecule has 196 valence electrons. The number of phenols is 2. The number of Topliss-reactive ketones (excluding diaryl/α,β-unsaturated/α-hetero) is 1. The third-order valence-corrected chi connectivity index (χ3v) is 7.19. The van der Waals surface area contributed by atoms with Gasteiger partial charge in [0.05, 0.1) is 35.5 Å². The smallest absolute Gasteiger partial charge is 0.189 e. The lowest BCUT2D eigenvalue weighted by Crippen LogP contribution is -2.55. The first kappa shape index (κ1) is 27.5. The Labute approximate surface area is 206 Å². The van der Waals surface area contributed by atoms with E-state index in [-0.39, 0.29) is 35.1 Å². The van der Waals surface area contributed by atoms with Gasteiger partial charge in [-0.25, -0.2) is 0 Å². The van der Waals surface area contributed by atoms with E-state index in [0.29, 0.717) is 32.2 Å². The SMILES string of the molecule is CCC[C@H](C(=O)c1cc([C@H](OCC)C(C)C)c(O)c(C=O)c1O)[C@H]1C[C@@H](O)[C@@]2(O[C@H]2CC)[C@H](O)O1. The fourth-order valence-corrected chi connectivity index (χ4v) is 5.32. The lowest BCUT2D eigenvalue weighted by Gasteiger charge is -2.39. The number of hydrogen-bond donors (Lipinski definition) is 4. The molecular weight excluding hydrogens is 456 g/mol. The van der Waals surface area contributed by atoms with E-state index in [1.165, 1.54) is 6.07 Å². The van der Waals surface area contributed by atoms with Crippen LogP contribution in [0.25, 0.3) is 0 Å². The highest BCUT2D eigenvalue weighted by molar-refractivity contribution is 6.04. The summed E-state index contributed by atoms with van der Waals surface area (Å²) in [5.41, 5.74) is -1.45. The third kappa shape index (κ3) is 4.84. The van der Waals surface area contributed by atoms with Crippen LogP contribution in [0.1, 0.15) is 92.7 Å². The van der Waals surface area contributed by atoms with Crippen LogP contribution >= 0.6 is 0 Å². The second-order valence-corrected chi connectivity index (χ2v) is 9.77. The number of carbonyl (C=O) groups is 2. The van der Waals surface area contributed by atoms with E-state index in [1.807, 2.05) is 27.7 Å². The number of aliphatic hydroxyl groups excluding tert-OH is 2. The van der Waals surface area contributed by atoms with Crippen LogP contribution in [0.3, 0.4) is 0 Å². The van der Waals surface area contributed by atoms with E-state index in [2.05, 4.69) is 0 Å². The summed E-state index contributed by atoms with van der Waals surface area (Å²) in [6, 6.07) is 1.37. The predicted molar refractivity (Wildman–Crippen MR) is 126 cm³/mol. The molecule has 0 radical (unpaired) electrons. The Bertz CT molecular complexity index is 916. The zero-order valence-corrected chi connectivity index (χ0v) is 21.1. The Hall–Kier alpha value is -2.04. The van der Waals surface area contributed by atoms with E-state index in [9.17, 15) is 30.0 Å². The average molecular weight is 495 g/mol. The monoisotopic (exact) mass is 494 g/mol. The van der Waals surface area contributed by atoms with Gasteiger partial charge in [0.1, 0.15) is 11.5 Å². The van der Waals surface area contributed by atoms with Crippen LogP contribution in [0, 0.1) is 11.8 Å². The van der Waals surface area contributed by atoms with Gasteiger partial charge in [0.2, 0.25) is 0 Å². The van der Waals surface area contributed by atoms with Gasteiger partial charge in [0.15, 0.2) is 24.0 Å². The molecule has 0 amide bonds. The van der Waals surface area contributed by atoms with Crippen molar-refractivity contribution in [2.75, 3.05) is 6.61 Å². The van der Waals surface area contributed by atoms with Gasteiger partial charge < -0.3 is 34.6 Å². The average Bonchev–Trinajstić information content (AvgIpc) is 3.56. The zero-order chi connectivity index (χ0) is 26.1. The summed E-state index contributed by atoms with van der Waals surface area (Å²) < 4.78 is 17.2. The number of hydrogen-bond acceptors (Lipinski definition) is 9. The number of phenolic OH excluding ortho intramolecular Hbond substituents is 2.